The number of nitro benzene ring substituents is 1. The van der Waals surface area contributed by atoms with Crippen LogP contribution in [0.25, 0.3) is 0 Å². The van der Waals surface area contributed by atoms with E-state index in [1.54, 1.807) is 13.8 Å². The molecule has 0 aliphatic rings. The monoisotopic (exact) mass is 302 g/mol. The van der Waals surface area contributed by atoms with Crippen LogP contribution < -0.4 is 5.32 Å². The number of halogens is 1. The molecule has 20 heavy (non-hydrogen) atoms. The number of hydrogen-bond donors (Lipinski definition) is 2. The molecule has 0 bridgehead atoms. The maximum Gasteiger partial charge on any atom is 0.306 e. The highest BCUT2D eigenvalue weighted by Gasteiger charge is 2.19. The molecule has 1 rings (SSSR count). The van der Waals surface area contributed by atoms with Crippen molar-refractivity contribution in [3.63, 3.8) is 0 Å². The van der Waals surface area contributed by atoms with Gasteiger partial charge in [-0.2, -0.15) is 4.39 Å². The Morgan fingerprint density at radius 2 is 2.20 bits per heavy atom. The van der Waals surface area contributed by atoms with Crippen molar-refractivity contribution in [2.45, 2.75) is 24.3 Å². The summed E-state index contributed by atoms with van der Waals surface area (Å²) in [6.07, 6.45) is 0. The number of benzene rings is 1. The zero-order chi connectivity index (χ0) is 15.3. The SMILES string of the molecule is C[C@@H](CO)S[C@H](C)C(=O)Nc1ccc(F)c([N+](=O)[O-])c1. The molecule has 8 heteroatoms. The molecule has 0 aromatic heterocycles. The lowest BCUT2D eigenvalue weighted by molar-refractivity contribution is -0.387. The molecule has 110 valence electrons. The highest BCUT2D eigenvalue weighted by atomic mass is 32.2. The van der Waals surface area contributed by atoms with E-state index in [-0.39, 0.29) is 23.5 Å². The fraction of sp³-hybridized carbons (Fsp3) is 0.417. The number of aliphatic hydroxyl groups is 1. The Morgan fingerprint density at radius 1 is 1.55 bits per heavy atom. The van der Waals surface area contributed by atoms with Crippen LogP contribution in [-0.2, 0) is 4.79 Å². The largest absolute Gasteiger partial charge is 0.395 e. The number of amides is 1. The van der Waals surface area contributed by atoms with Crippen molar-refractivity contribution in [3.8, 4) is 0 Å². The van der Waals surface area contributed by atoms with Gasteiger partial charge in [-0.3, -0.25) is 14.9 Å². The molecule has 6 nitrogen and oxygen atoms in total. The van der Waals surface area contributed by atoms with E-state index in [2.05, 4.69) is 5.32 Å². The highest BCUT2D eigenvalue weighted by Crippen LogP contribution is 2.23. The van der Waals surface area contributed by atoms with Crippen LogP contribution in [0.15, 0.2) is 18.2 Å². The van der Waals surface area contributed by atoms with Crippen LogP contribution in [-0.4, -0.2) is 33.0 Å². The zero-order valence-electron chi connectivity index (χ0n) is 11.0. The van der Waals surface area contributed by atoms with E-state index >= 15 is 0 Å². The van der Waals surface area contributed by atoms with Gasteiger partial charge >= 0.3 is 5.69 Å². The predicted octanol–water partition coefficient (Wildman–Crippen LogP) is 2.17. The topological polar surface area (TPSA) is 92.5 Å². The van der Waals surface area contributed by atoms with E-state index in [1.807, 2.05) is 0 Å². The van der Waals surface area contributed by atoms with Crippen molar-refractivity contribution in [3.05, 3.63) is 34.1 Å². The molecule has 0 radical (unpaired) electrons. The average molecular weight is 302 g/mol. The van der Waals surface area contributed by atoms with Gasteiger partial charge in [-0.05, 0) is 19.1 Å². The van der Waals surface area contributed by atoms with Gasteiger partial charge in [0.05, 0.1) is 16.8 Å². The highest BCUT2D eigenvalue weighted by molar-refractivity contribution is 8.01. The summed E-state index contributed by atoms with van der Waals surface area (Å²) in [5.41, 5.74) is -0.529. The number of nitro groups is 1. The average Bonchev–Trinajstić information content (AvgIpc) is 2.40. The van der Waals surface area contributed by atoms with E-state index in [0.717, 1.165) is 12.1 Å². The van der Waals surface area contributed by atoms with Gasteiger partial charge < -0.3 is 10.4 Å². The van der Waals surface area contributed by atoms with Crippen molar-refractivity contribution in [1.82, 2.24) is 0 Å². The van der Waals surface area contributed by atoms with Gasteiger partial charge in [0.15, 0.2) is 0 Å². The van der Waals surface area contributed by atoms with Crippen molar-refractivity contribution < 1.29 is 19.2 Å². The smallest absolute Gasteiger partial charge is 0.306 e. The molecule has 0 heterocycles. The van der Waals surface area contributed by atoms with Gasteiger partial charge in [-0.25, -0.2) is 0 Å². The summed E-state index contributed by atoms with van der Waals surface area (Å²) in [5, 5.41) is 21.5. The number of hydrogen-bond acceptors (Lipinski definition) is 5. The third-order valence-corrected chi connectivity index (χ3v) is 3.71. The Balaban J connectivity index is 2.76. The quantitative estimate of drug-likeness (QED) is 0.620. The van der Waals surface area contributed by atoms with Gasteiger partial charge in [-0.1, -0.05) is 6.92 Å². The van der Waals surface area contributed by atoms with Crippen LogP contribution in [0.5, 0.6) is 0 Å². The summed E-state index contributed by atoms with van der Waals surface area (Å²) in [5.74, 6) is -1.32. The van der Waals surface area contributed by atoms with Crippen molar-refractivity contribution >= 4 is 29.0 Å². The van der Waals surface area contributed by atoms with Gasteiger partial charge in [0.25, 0.3) is 0 Å². The van der Waals surface area contributed by atoms with Gasteiger partial charge in [-0.15, -0.1) is 11.8 Å². The lowest BCUT2D eigenvalue weighted by Gasteiger charge is -2.15. The minimum Gasteiger partial charge on any atom is -0.395 e. The van der Waals surface area contributed by atoms with E-state index in [9.17, 15) is 19.3 Å². The predicted molar refractivity (Wildman–Crippen MR) is 75.3 cm³/mol. The Bertz CT molecular complexity index is 512. The fourth-order valence-corrected chi connectivity index (χ4v) is 2.39. The number of rotatable bonds is 6. The number of carbonyl (C=O) groups excluding carboxylic acids is 1. The first-order valence-corrected chi connectivity index (χ1v) is 6.80. The molecular weight excluding hydrogens is 287 g/mol. The second-order valence-electron chi connectivity index (χ2n) is 4.18. The number of carbonyl (C=O) groups is 1. The maximum absolute atomic E-state index is 13.1. The molecule has 0 saturated carbocycles. The lowest BCUT2D eigenvalue weighted by Crippen LogP contribution is -2.25. The van der Waals surface area contributed by atoms with Gasteiger partial charge in [0.2, 0.25) is 11.7 Å². The first kappa shape index (κ1) is 16.4. The molecule has 1 aromatic carbocycles. The fourth-order valence-electron chi connectivity index (χ4n) is 1.43. The van der Waals surface area contributed by atoms with Crippen LogP contribution >= 0.6 is 11.8 Å². The van der Waals surface area contributed by atoms with Crippen LogP contribution in [0.1, 0.15) is 13.8 Å². The molecule has 0 unspecified atom stereocenters. The van der Waals surface area contributed by atoms with Crippen LogP contribution in [0.2, 0.25) is 0 Å². The second-order valence-corrected chi connectivity index (χ2v) is 5.97. The molecule has 0 fully saturated rings. The van der Waals surface area contributed by atoms with Crippen LogP contribution in [0.4, 0.5) is 15.8 Å². The number of nitrogens with one attached hydrogen (secondary N) is 1. The first-order valence-electron chi connectivity index (χ1n) is 5.86. The van der Waals surface area contributed by atoms with Gasteiger partial charge in [0.1, 0.15) is 0 Å². The third-order valence-electron chi connectivity index (χ3n) is 2.47. The zero-order valence-corrected chi connectivity index (χ0v) is 11.8. The van der Waals surface area contributed by atoms with Gasteiger partial charge in [0, 0.05) is 17.0 Å². The summed E-state index contributed by atoms with van der Waals surface area (Å²) in [4.78, 5) is 21.6. The molecule has 2 atom stereocenters. The van der Waals surface area contributed by atoms with E-state index in [4.69, 9.17) is 5.11 Å². The number of thioether (sulfide) groups is 1. The van der Waals surface area contributed by atoms with Crippen LogP contribution in [0, 0.1) is 15.9 Å². The lowest BCUT2D eigenvalue weighted by atomic mass is 10.2. The Hall–Kier alpha value is -1.67. The molecule has 0 aliphatic heterocycles. The Kier molecular flexibility index (Phi) is 5.90. The Morgan fingerprint density at radius 3 is 2.75 bits per heavy atom. The van der Waals surface area contributed by atoms with Crippen molar-refractivity contribution in [2.75, 3.05) is 11.9 Å². The van der Waals surface area contributed by atoms with Crippen molar-refractivity contribution in [1.29, 1.82) is 0 Å². The molecule has 2 N–H and O–H groups in total. The number of nitrogens with zero attached hydrogens (tertiary/aromatic N) is 1. The maximum atomic E-state index is 13.1. The molecule has 0 aliphatic carbocycles. The standard InChI is InChI=1S/C12H15FN2O4S/c1-7(6-16)20-8(2)12(17)14-9-3-4-10(13)11(5-9)15(18)19/h3-5,7-8,16H,6H2,1-2H3,(H,14,17)/t7-,8+/m0/s1. The summed E-state index contributed by atoms with van der Waals surface area (Å²) in [7, 11) is 0. The minimum atomic E-state index is -0.954. The molecule has 1 aromatic rings. The summed E-state index contributed by atoms with van der Waals surface area (Å²) < 4.78 is 13.1. The molecular formula is C12H15FN2O4S. The molecule has 1 amide bonds. The molecule has 0 saturated heterocycles. The van der Waals surface area contributed by atoms with Crippen molar-refractivity contribution in [2.24, 2.45) is 0 Å². The third kappa shape index (κ3) is 4.46. The summed E-state index contributed by atoms with van der Waals surface area (Å²) in [6, 6.07) is 3.16. The minimum absolute atomic E-state index is 0.0513. The van der Waals surface area contributed by atoms with E-state index in [1.165, 1.54) is 17.8 Å². The first-order chi connectivity index (χ1) is 9.35. The summed E-state index contributed by atoms with van der Waals surface area (Å²) >= 11 is 1.27. The second kappa shape index (κ2) is 7.20. The summed E-state index contributed by atoms with van der Waals surface area (Å²) in [6.45, 7) is 3.38. The normalized spacial score (nSPS) is 13.6. The number of aliphatic hydroxyl groups excluding tert-OH is 1. The number of anilines is 1. The van der Waals surface area contributed by atoms with E-state index < -0.39 is 21.7 Å². The Labute approximate surface area is 119 Å². The molecule has 0 spiro atoms. The van der Waals surface area contributed by atoms with E-state index in [0.29, 0.717) is 0 Å². The van der Waals surface area contributed by atoms with Crippen LogP contribution in [0.3, 0.4) is 0 Å².